The van der Waals surface area contributed by atoms with E-state index in [2.05, 4.69) is 29.3 Å². The third-order valence-corrected chi connectivity index (χ3v) is 4.03. The Morgan fingerprint density at radius 2 is 2.50 bits per heavy atom. The van der Waals surface area contributed by atoms with Crippen molar-refractivity contribution in [1.29, 1.82) is 0 Å². The summed E-state index contributed by atoms with van der Waals surface area (Å²) in [6.07, 6.45) is 2.44. The molecule has 0 amide bonds. The normalized spacial score (nSPS) is 26.3. The third-order valence-electron chi connectivity index (χ3n) is 2.99. The highest BCUT2D eigenvalue weighted by molar-refractivity contribution is 7.10. The summed E-state index contributed by atoms with van der Waals surface area (Å²) < 4.78 is 0. The van der Waals surface area contributed by atoms with E-state index in [9.17, 15) is 0 Å². The summed E-state index contributed by atoms with van der Waals surface area (Å²) in [4.78, 5) is 3.96. The largest absolute Gasteiger partial charge is 0.327 e. The number of hydrogen-bond acceptors (Lipinski definition) is 3. The van der Waals surface area contributed by atoms with Crippen LogP contribution in [0, 0.1) is 0 Å². The van der Waals surface area contributed by atoms with Crippen molar-refractivity contribution >= 4 is 11.3 Å². The molecular formula is C11H18N2S. The van der Waals surface area contributed by atoms with E-state index in [1.165, 1.54) is 24.3 Å². The molecule has 2 rings (SSSR count). The van der Waals surface area contributed by atoms with Gasteiger partial charge in [-0.15, -0.1) is 11.3 Å². The Balaban J connectivity index is 2.00. The van der Waals surface area contributed by atoms with Crippen LogP contribution in [0.3, 0.4) is 0 Å². The Bertz CT molecular complexity index is 271. The molecule has 0 bridgehead atoms. The molecule has 2 atom stereocenters. The van der Waals surface area contributed by atoms with Gasteiger partial charge in [-0.1, -0.05) is 6.07 Å². The summed E-state index contributed by atoms with van der Waals surface area (Å²) >= 11 is 1.84. The van der Waals surface area contributed by atoms with E-state index in [4.69, 9.17) is 5.73 Å². The minimum Gasteiger partial charge on any atom is -0.327 e. The van der Waals surface area contributed by atoms with Gasteiger partial charge in [-0.25, -0.2) is 0 Å². The van der Waals surface area contributed by atoms with Crippen LogP contribution in [0.25, 0.3) is 0 Å². The highest BCUT2D eigenvalue weighted by Gasteiger charge is 2.22. The zero-order valence-electron chi connectivity index (χ0n) is 8.65. The molecule has 0 radical (unpaired) electrons. The smallest absolute Gasteiger partial charge is 0.0413 e. The lowest BCUT2D eigenvalue weighted by atomic mass is 10.0. The molecule has 0 aromatic carbocycles. The maximum absolute atomic E-state index is 5.98. The van der Waals surface area contributed by atoms with E-state index in [-0.39, 0.29) is 0 Å². The van der Waals surface area contributed by atoms with Gasteiger partial charge in [0.1, 0.15) is 0 Å². The average molecular weight is 210 g/mol. The maximum atomic E-state index is 5.98. The molecule has 2 nitrogen and oxygen atoms in total. The van der Waals surface area contributed by atoms with E-state index in [0.717, 1.165) is 6.54 Å². The fraction of sp³-hybridized carbons (Fsp3) is 0.636. The molecule has 3 heteroatoms. The third kappa shape index (κ3) is 2.16. The zero-order chi connectivity index (χ0) is 9.97. The molecule has 1 fully saturated rings. The van der Waals surface area contributed by atoms with Crippen molar-refractivity contribution in [2.24, 2.45) is 5.73 Å². The maximum Gasteiger partial charge on any atom is 0.0413 e. The molecule has 78 valence electrons. The summed E-state index contributed by atoms with van der Waals surface area (Å²) in [5.74, 6) is 0. The predicted molar refractivity (Wildman–Crippen MR) is 61.5 cm³/mol. The minimum absolute atomic E-state index is 0.381. The lowest BCUT2D eigenvalue weighted by Gasteiger charge is -2.34. The molecule has 1 aromatic heterocycles. The number of piperidine rings is 1. The topological polar surface area (TPSA) is 29.3 Å². The highest BCUT2D eigenvalue weighted by Crippen LogP contribution is 2.26. The molecule has 0 saturated carbocycles. The zero-order valence-corrected chi connectivity index (χ0v) is 9.46. The summed E-state index contributed by atoms with van der Waals surface area (Å²) in [5, 5.41) is 2.15. The van der Waals surface area contributed by atoms with E-state index >= 15 is 0 Å². The van der Waals surface area contributed by atoms with Gasteiger partial charge in [0.15, 0.2) is 0 Å². The molecule has 14 heavy (non-hydrogen) atoms. The van der Waals surface area contributed by atoms with Gasteiger partial charge < -0.3 is 5.73 Å². The van der Waals surface area contributed by atoms with Crippen LogP contribution in [0.5, 0.6) is 0 Å². The van der Waals surface area contributed by atoms with Crippen LogP contribution in [-0.2, 0) is 0 Å². The Hall–Kier alpha value is -0.380. The number of nitrogens with zero attached hydrogens (tertiary/aromatic N) is 1. The van der Waals surface area contributed by atoms with Crippen molar-refractivity contribution in [2.75, 3.05) is 13.1 Å². The molecule has 2 N–H and O–H groups in total. The summed E-state index contributed by atoms with van der Waals surface area (Å²) in [5.41, 5.74) is 5.98. The van der Waals surface area contributed by atoms with Crippen LogP contribution in [0.1, 0.15) is 30.7 Å². The Kier molecular flexibility index (Phi) is 3.21. The monoisotopic (exact) mass is 210 g/mol. The number of rotatable bonds is 2. The van der Waals surface area contributed by atoms with Gasteiger partial charge in [0, 0.05) is 23.5 Å². The van der Waals surface area contributed by atoms with E-state index in [0.29, 0.717) is 12.1 Å². The molecule has 1 aliphatic rings. The molecular weight excluding hydrogens is 192 g/mol. The molecule has 1 saturated heterocycles. The van der Waals surface area contributed by atoms with Gasteiger partial charge >= 0.3 is 0 Å². The SMILES string of the molecule is C[C@@H](c1cccs1)N1CCC[C@@H](N)C1. The summed E-state index contributed by atoms with van der Waals surface area (Å²) in [6.45, 7) is 4.54. The van der Waals surface area contributed by atoms with Crippen LogP contribution in [0.15, 0.2) is 17.5 Å². The van der Waals surface area contributed by atoms with E-state index < -0.39 is 0 Å². The lowest BCUT2D eigenvalue weighted by molar-refractivity contribution is 0.161. The Labute approximate surface area is 89.7 Å². The van der Waals surface area contributed by atoms with Crippen molar-refractivity contribution in [3.63, 3.8) is 0 Å². The molecule has 1 aliphatic heterocycles. The highest BCUT2D eigenvalue weighted by atomic mass is 32.1. The lowest BCUT2D eigenvalue weighted by Crippen LogP contribution is -2.43. The van der Waals surface area contributed by atoms with Crippen LogP contribution >= 0.6 is 11.3 Å². The minimum atomic E-state index is 0.381. The van der Waals surface area contributed by atoms with Crippen molar-refractivity contribution in [2.45, 2.75) is 31.8 Å². The van der Waals surface area contributed by atoms with Crippen molar-refractivity contribution in [3.05, 3.63) is 22.4 Å². The molecule has 2 heterocycles. The summed E-state index contributed by atoms with van der Waals surface area (Å²) in [7, 11) is 0. The van der Waals surface area contributed by atoms with E-state index in [1.807, 2.05) is 11.3 Å². The number of hydrogen-bond donors (Lipinski definition) is 1. The Morgan fingerprint density at radius 1 is 1.64 bits per heavy atom. The van der Waals surface area contributed by atoms with Crippen LogP contribution in [-0.4, -0.2) is 24.0 Å². The first-order valence-electron chi connectivity index (χ1n) is 5.30. The van der Waals surface area contributed by atoms with Gasteiger partial charge in [-0.2, -0.15) is 0 Å². The molecule has 0 spiro atoms. The van der Waals surface area contributed by atoms with Crippen LogP contribution in [0.2, 0.25) is 0 Å². The second-order valence-electron chi connectivity index (χ2n) is 4.09. The van der Waals surface area contributed by atoms with Crippen LogP contribution < -0.4 is 5.73 Å². The van der Waals surface area contributed by atoms with Crippen molar-refractivity contribution in [3.8, 4) is 0 Å². The van der Waals surface area contributed by atoms with E-state index in [1.54, 1.807) is 0 Å². The second-order valence-corrected chi connectivity index (χ2v) is 5.07. The molecule has 0 unspecified atom stereocenters. The van der Waals surface area contributed by atoms with Crippen LogP contribution in [0.4, 0.5) is 0 Å². The second kappa shape index (κ2) is 4.43. The van der Waals surface area contributed by atoms with Gasteiger partial charge in [-0.05, 0) is 37.8 Å². The van der Waals surface area contributed by atoms with Gasteiger partial charge in [0.2, 0.25) is 0 Å². The molecule has 0 aliphatic carbocycles. The first-order valence-corrected chi connectivity index (χ1v) is 6.18. The number of thiophene rings is 1. The standard InChI is InChI=1S/C11H18N2S/c1-9(11-5-3-7-14-11)13-6-2-4-10(12)8-13/h3,5,7,9-10H,2,4,6,8,12H2,1H3/t9-,10+/m0/s1. The summed E-state index contributed by atoms with van der Waals surface area (Å²) in [6, 6.07) is 5.27. The van der Waals surface area contributed by atoms with Gasteiger partial charge in [-0.3, -0.25) is 4.90 Å². The number of nitrogens with two attached hydrogens (primary N) is 1. The van der Waals surface area contributed by atoms with Gasteiger partial charge in [0.05, 0.1) is 0 Å². The van der Waals surface area contributed by atoms with Gasteiger partial charge in [0.25, 0.3) is 0 Å². The Morgan fingerprint density at radius 3 is 3.14 bits per heavy atom. The molecule has 1 aromatic rings. The van der Waals surface area contributed by atoms with Crippen molar-refractivity contribution in [1.82, 2.24) is 4.90 Å². The fourth-order valence-corrected chi connectivity index (χ4v) is 2.92. The predicted octanol–water partition coefficient (Wildman–Crippen LogP) is 2.23. The number of likely N-dealkylation sites (tertiary alicyclic amines) is 1. The van der Waals surface area contributed by atoms with Crippen molar-refractivity contribution < 1.29 is 0 Å². The fourth-order valence-electron chi connectivity index (χ4n) is 2.10. The average Bonchev–Trinajstić information content (AvgIpc) is 2.69. The first kappa shape index (κ1) is 10.1. The quantitative estimate of drug-likeness (QED) is 0.811. The first-order chi connectivity index (χ1) is 6.77.